The van der Waals surface area contributed by atoms with Gasteiger partial charge in [-0.1, -0.05) is 48.5 Å². The van der Waals surface area contributed by atoms with E-state index in [9.17, 15) is 9.59 Å². The second-order valence-electron chi connectivity index (χ2n) is 9.30. The Balaban J connectivity index is 1.62. The molecule has 196 valence electrons. The van der Waals surface area contributed by atoms with Gasteiger partial charge in [-0.25, -0.2) is 9.48 Å². The fourth-order valence-corrected chi connectivity index (χ4v) is 4.25. The molecule has 0 saturated carbocycles. The van der Waals surface area contributed by atoms with E-state index in [0.29, 0.717) is 17.3 Å². The first kappa shape index (κ1) is 26.5. The van der Waals surface area contributed by atoms with Crippen LogP contribution in [0.4, 0.5) is 16.3 Å². The summed E-state index contributed by atoms with van der Waals surface area (Å²) in [5, 5.41) is 10.7. The molecule has 0 aliphatic rings. The molecule has 0 unspecified atom stereocenters. The molecule has 0 aliphatic heterocycles. The SMILES string of the molecule is COc1ccc(NC(=O)N(CC(=O)Nc2c(-c3ccccc3)c(C)nn2-c2ccccc2C)C(C)C)cc1. The number of anilines is 2. The van der Waals surface area contributed by atoms with Gasteiger partial charge in [-0.2, -0.15) is 5.10 Å². The van der Waals surface area contributed by atoms with Crippen LogP contribution in [0.15, 0.2) is 78.9 Å². The number of benzene rings is 3. The fraction of sp³-hybridized carbons (Fsp3) is 0.233. The summed E-state index contributed by atoms with van der Waals surface area (Å²) in [5.74, 6) is 0.931. The molecule has 8 heteroatoms. The molecule has 0 radical (unpaired) electrons. The number of nitrogens with one attached hydrogen (secondary N) is 2. The Hall–Kier alpha value is -4.59. The van der Waals surface area contributed by atoms with E-state index in [1.165, 1.54) is 4.90 Å². The Morgan fingerprint density at radius 1 is 0.921 bits per heavy atom. The first-order valence-corrected chi connectivity index (χ1v) is 12.5. The van der Waals surface area contributed by atoms with Gasteiger partial charge >= 0.3 is 6.03 Å². The highest BCUT2D eigenvalue weighted by Crippen LogP contribution is 2.34. The molecule has 0 bridgehead atoms. The molecule has 1 aromatic heterocycles. The molecule has 0 spiro atoms. The number of hydrogen-bond donors (Lipinski definition) is 2. The smallest absolute Gasteiger partial charge is 0.322 e. The number of nitrogens with zero attached hydrogens (tertiary/aromatic N) is 3. The van der Waals surface area contributed by atoms with E-state index in [0.717, 1.165) is 28.1 Å². The van der Waals surface area contributed by atoms with Gasteiger partial charge in [0.2, 0.25) is 5.91 Å². The van der Waals surface area contributed by atoms with Gasteiger partial charge in [0.05, 0.1) is 18.5 Å². The van der Waals surface area contributed by atoms with E-state index in [2.05, 4.69) is 10.6 Å². The van der Waals surface area contributed by atoms with Crippen LogP contribution in [0.1, 0.15) is 25.1 Å². The summed E-state index contributed by atoms with van der Waals surface area (Å²) < 4.78 is 6.94. The average Bonchev–Trinajstić information content (AvgIpc) is 3.23. The number of urea groups is 1. The molecule has 0 aliphatic carbocycles. The fourth-order valence-electron chi connectivity index (χ4n) is 4.25. The molecule has 2 N–H and O–H groups in total. The Morgan fingerprint density at radius 3 is 2.21 bits per heavy atom. The molecule has 3 amide bonds. The molecule has 8 nitrogen and oxygen atoms in total. The number of para-hydroxylation sites is 1. The summed E-state index contributed by atoms with van der Waals surface area (Å²) in [6.07, 6.45) is 0. The number of rotatable bonds is 8. The second kappa shape index (κ2) is 11.6. The largest absolute Gasteiger partial charge is 0.497 e. The maximum Gasteiger partial charge on any atom is 0.322 e. The minimum Gasteiger partial charge on any atom is -0.497 e. The van der Waals surface area contributed by atoms with Gasteiger partial charge in [0.1, 0.15) is 18.1 Å². The normalized spacial score (nSPS) is 10.8. The van der Waals surface area contributed by atoms with Crippen molar-refractivity contribution in [2.75, 3.05) is 24.3 Å². The minimum atomic E-state index is -0.368. The van der Waals surface area contributed by atoms with Gasteiger partial charge in [-0.15, -0.1) is 0 Å². The van der Waals surface area contributed by atoms with E-state index in [4.69, 9.17) is 9.84 Å². The van der Waals surface area contributed by atoms with Crippen LogP contribution >= 0.6 is 0 Å². The highest BCUT2D eigenvalue weighted by Gasteiger charge is 2.24. The third kappa shape index (κ3) is 5.86. The highest BCUT2D eigenvalue weighted by atomic mass is 16.5. The zero-order chi connectivity index (χ0) is 27.2. The Bertz CT molecular complexity index is 1410. The summed E-state index contributed by atoms with van der Waals surface area (Å²) in [5.41, 5.74) is 5.06. The lowest BCUT2D eigenvalue weighted by molar-refractivity contribution is -0.117. The topological polar surface area (TPSA) is 88.5 Å². The Kier molecular flexibility index (Phi) is 8.11. The molecule has 0 atom stereocenters. The predicted octanol–water partition coefficient (Wildman–Crippen LogP) is 6.05. The molecule has 0 saturated heterocycles. The number of amides is 3. The standard InChI is InChI=1S/C30H33N5O3/c1-20(2)34(30(37)31-24-15-17-25(38-5)18-16-24)19-27(36)32-29-28(23-12-7-6-8-13-23)22(4)33-35(29)26-14-10-9-11-21(26)3/h6-18,20H,19H2,1-5H3,(H,31,37)(H,32,36). The number of aromatic nitrogens is 2. The van der Waals surface area contributed by atoms with Crippen molar-refractivity contribution < 1.29 is 14.3 Å². The monoisotopic (exact) mass is 511 g/mol. The van der Waals surface area contributed by atoms with Crippen LogP contribution < -0.4 is 15.4 Å². The van der Waals surface area contributed by atoms with E-state index in [1.807, 2.05) is 82.3 Å². The van der Waals surface area contributed by atoms with Crippen molar-refractivity contribution in [3.8, 4) is 22.6 Å². The number of methoxy groups -OCH3 is 1. The zero-order valence-corrected chi connectivity index (χ0v) is 22.4. The zero-order valence-electron chi connectivity index (χ0n) is 22.4. The second-order valence-corrected chi connectivity index (χ2v) is 9.30. The first-order valence-electron chi connectivity index (χ1n) is 12.5. The van der Waals surface area contributed by atoms with Gasteiger partial charge in [0.15, 0.2) is 0 Å². The van der Waals surface area contributed by atoms with Gasteiger partial charge < -0.3 is 20.3 Å². The first-order chi connectivity index (χ1) is 18.3. The number of carbonyl (C=O) groups is 2. The number of hydrogen-bond acceptors (Lipinski definition) is 4. The van der Waals surface area contributed by atoms with Gasteiger partial charge in [0.25, 0.3) is 0 Å². The van der Waals surface area contributed by atoms with Gasteiger partial charge in [-0.3, -0.25) is 4.79 Å². The van der Waals surface area contributed by atoms with E-state index in [-0.39, 0.29) is 24.5 Å². The summed E-state index contributed by atoms with van der Waals surface area (Å²) in [4.78, 5) is 28.0. The van der Waals surface area contributed by atoms with Crippen LogP contribution in [-0.2, 0) is 4.79 Å². The van der Waals surface area contributed by atoms with Crippen molar-refractivity contribution >= 4 is 23.4 Å². The average molecular weight is 512 g/mol. The van der Waals surface area contributed by atoms with Crippen LogP contribution in [0, 0.1) is 13.8 Å². The van der Waals surface area contributed by atoms with Gasteiger partial charge in [0, 0.05) is 17.3 Å². The number of carbonyl (C=O) groups excluding carboxylic acids is 2. The van der Waals surface area contributed by atoms with E-state index >= 15 is 0 Å². The molecule has 1 heterocycles. The third-order valence-corrected chi connectivity index (χ3v) is 6.26. The Labute approximate surface area is 223 Å². The van der Waals surface area contributed by atoms with Crippen LogP contribution in [0.25, 0.3) is 16.8 Å². The van der Waals surface area contributed by atoms with Crippen molar-refractivity contribution in [1.29, 1.82) is 0 Å². The van der Waals surface area contributed by atoms with Crippen molar-refractivity contribution in [1.82, 2.24) is 14.7 Å². The lowest BCUT2D eigenvalue weighted by atomic mass is 10.1. The number of aryl methyl sites for hydroxylation is 2. The maximum atomic E-state index is 13.4. The summed E-state index contributed by atoms with van der Waals surface area (Å²) >= 11 is 0. The van der Waals surface area contributed by atoms with Crippen molar-refractivity contribution in [2.45, 2.75) is 33.7 Å². The van der Waals surface area contributed by atoms with Crippen molar-refractivity contribution in [3.05, 3.63) is 90.1 Å². The van der Waals surface area contributed by atoms with E-state index < -0.39 is 0 Å². The molecule has 4 rings (SSSR count). The lowest BCUT2D eigenvalue weighted by Crippen LogP contribution is -2.44. The quantitative estimate of drug-likeness (QED) is 0.302. The molecular weight excluding hydrogens is 478 g/mol. The lowest BCUT2D eigenvalue weighted by Gasteiger charge is -2.26. The minimum absolute atomic E-state index is 0.133. The predicted molar refractivity (Wildman–Crippen MR) is 151 cm³/mol. The van der Waals surface area contributed by atoms with Crippen molar-refractivity contribution in [2.24, 2.45) is 0 Å². The van der Waals surface area contributed by atoms with Crippen molar-refractivity contribution in [3.63, 3.8) is 0 Å². The van der Waals surface area contributed by atoms with Gasteiger partial charge in [-0.05, 0) is 69.2 Å². The molecule has 3 aromatic carbocycles. The van der Waals surface area contributed by atoms with Crippen LogP contribution in [-0.4, -0.2) is 46.3 Å². The third-order valence-electron chi connectivity index (χ3n) is 6.26. The number of ether oxygens (including phenoxy) is 1. The van der Waals surface area contributed by atoms with Crippen LogP contribution in [0.2, 0.25) is 0 Å². The maximum absolute atomic E-state index is 13.4. The summed E-state index contributed by atoms with van der Waals surface area (Å²) in [6, 6.07) is 24.2. The van der Waals surface area contributed by atoms with Crippen LogP contribution in [0.3, 0.4) is 0 Å². The molecule has 38 heavy (non-hydrogen) atoms. The Morgan fingerprint density at radius 2 is 1.58 bits per heavy atom. The molecule has 4 aromatic rings. The van der Waals surface area contributed by atoms with Crippen LogP contribution in [0.5, 0.6) is 5.75 Å². The summed E-state index contributed by atoms with van der Waals surface area (Å²) in [6.45, 7) is 7.54. The molecular formula is C30H33N5O3. The summed E-state index contributed by atoms with van der Waals surface area (Å²) in [7, 11) is 1.59. The van der Waals surface area contributed by atoms with E-state index in [1.54, 1.807) is 36.1 Å². The highest BCUT2D eigenvalue weighted by molar-refractivity contribution is 5.99. The molecule has 0 fully saturated rings.